The largest absolute Gasteiger partial charge is 0.459 e. The number of esters is 3. The Kier molecular flexibility index (Phi) is 8.00. The number of nitrogens with zero attached hydrogens (tertiary/aromatic N) is 3. The van der Waals surface area contributed by atoms with Gasteiger partial charge in [0.15, 0.2) is 29.6 Å². The number of nitrogens with one attached hydrogen (secondary N) is 2. The zero-order chi connectivity index (χ0) is 29.2. The lowest BCUT2D eigenvalue weighted by Gasteiger charge is -2.30. The van der Waals surface area contributed by atoms with Crippen LogP contribution in [0.2, 0.25) is 0 Å². The number of amides is 1. The van der Waals surface area contributed by atoms with Gasteiger partial charge in [-0.3, -0.25) is 34.0 Å². The third-order valence-electron chi connectivity index (χ3n) is 6.14. The average Bonchev–Trinajstić information content (AvgIpc) is 3.42. The van der Waals surface area contributed by atoms with Crippen molar-refractivity contribution in [3.8, 4) is 0 Å². The lowest BCUT2D eigenvalue weighted by atomic mass is 9.97. The van der Waals surface area contributed by atoms with E-state index in [2.05, 4.69) is 20.3 Å². The van der Waals surface area contributed by atoms with Crippen molar-refractivity contribution < 1.29 is 38.1 Å². The van der Waals surface area contributed by atoms with Crippen molar-refractivity contribution in [1.82, 2.24) is 19.5 Å². The number of ether oxygens (including phenoxy) is 4. The zero-order valence-corrected chi connectivity index (χ0v) is 22.5. The summed E-state index contributed by atoms with van der Waals surface area (Å²) in [5.41, 5.74) is -1.94. The van der Waals surface area contributed by atoms with Gasteiger partial charge in [-0.25, -0.2) is 9.78 Å². The molecule has 0 aliphatic carbocycles. The van der Waals surface area contributed by atoms with Crippen LogP contribution in [0.3, 0.4) is 0 Å². The lowest BCUT2D eigenvalue weighted by molar-refractivity contribution is -0.169. The van der Waals surface area contributed by atoms with E-state index >= 15 is 0 Å². The average molecular weight is 556 g/mol. The van der Waals surface area contributed by atoms with Crippen molar-refractivity contribution in [2.75, 3.05) is 11.9 Å². The molecule has 14 nitrogen and oxygen atoms in total. The SMILES string of the molecule is CC(=O)O[C@H]1[C@H](n2cnc3c(=O)[nH]c(NC(=O)C(C)C)nc32)O[C@](C)(COC(=O)c2ccccc2)[C@H]1OC(C)=O. The quantitative estimate of drug-likeness (QED) is 0.305. The second kappa shape index (κ2) is 11.3. The van der Waals surface area contributed by atoms with Gasteiger partial charge in [-0.15, -0.1) is 0 Å². The van der Waals surface area contributed by atoms with E-state index in [0.29, 0.717) is 5.56 Å². The van der Waals surface area contributed by atoms with Gasteiger partial charge in [0, 0.05) is 19.8 Å². The molecule has 0 spiro atoms. The van der Waals surface area contributed by atoms with E-state index in [1.807, 2.05) is 0 Å². The molecular weight excluding hydrogens is 526 g/mol. The molecule has 4 atom stereocenters. The molecule has 2 N–H and O–H groups in total. The molecule has 0 saturated carbocycles. The Balaban J connectivity index is 1.74. The highest BCUT2D eigenvalue weighted by Crippen LogP contribution is 2.42. The number of aromatic amines is 1. The number of hydrogen-bond donors (Lipinski definition) is 2. The number of aromatic nitrogens is 4. The van der Waals surface area contributed by atoms with Gasteiger partial charge >= 0.3 is 17.9 Å². The molecule has 1 amide bonds. The number of carbonyl (C=O) groups is 4. The van der Waals surface area contributed by atoms with E-state index in [0.717, 1.165) is 0 Å². The van der Waals surface area contributed by atoms with Crippen LogP contribution in [0.5, 0.6) is 0 Å². The Morgan fingerprint density at radius 3 is 2.42 bits per heavy atom. The van der Waals surface area contributed by atoms with E-state index in [-0.39, 0.29) is 35.5 Å². The van der Waals surface area contributed by atoms with Crippen LogP contribution >= 0.6 is 0 Å². The van der Waals surface area contributed by atoms with E-state index < -0.39 is 47.5 Å². The molecule has 3 heterocycles. The second-order valence-corrected chi connectivity index (χ2v) is 9.75. The van der Waals surface area contributed by atoms with Gasteiger partial charge < -0.3 is 18.9 Å². The smallest absolute Gasteiger partial charge is 0.338 e. The minimum absolute atomic E-state index is 0.00272. The monoisotopic (exact) mass is 555 g/mol. The maximum Gasteiger partial charge on any atom is 0.338 e. The molecule has 4 rings (SSSR count). The van der Waals surface area contributed by atoms with Gasteiger partial charge in [-0.1, -0.05) is 32.0 Å². The zero-order valence-electron chi connectivity index (χ0n) is 22.5. The van der Waals surface area contributed by atoms with Crippen molar-refractivity contribution in [2.24, 2.45) is 5.92 Å². The van der Waals surface area contributed by atoms with E-state index in [4.69, 9.17) is 18.9 Å². The number of benzene rings is 1. The summed E-state index contributed by atoms with van der Waals surface area (Å²) in [6.07, 6.45) is -2.47. The van der Waals surface area contributed by atoms with E-state index in [9.17, 15) is 24.0 Å². The first-order valence-electron chi connectivity index (χ1n) is 12.4. The van der Waals surface area contributed by atoms with E-state index in [1.54, 1.807) is 44.2 Å². The molecule has 1 aliphatic heterocycles. The molecule has 1 saturated heterocycles. The molecule has 1 aromatic carbocycles. The van der Waals surface area contributed by atoms with Gasteiger partial charge in [-0.05, 0) is 19.1 Å². The first-order valence-corrected chi connectivity index (χ1v) is 12.4. The number of anilines is 1. The maximum absolute atomic E-state index is 12.7. The molecule has 0 bridgehead atoms. The Labute approximate surface area is 228 Å². The Hall–Kier alpha value is -4.59. The van der Waals surface area contributed by atoms with Crippen LogP contribution in [-0.4, -0.2) is 67.7 Å². The lowest BCUT2D eigenvalue weighted by Crippen LogP contribution is -2.48. The van der Waals surface area contributed by atoms with Crippen LogP contribution in [-0.2, 0) is 33.3 Å². The molecule has 3 aromatic rings. The second-order valence-electron chi connectivity index (χ2n) is 9.75. The van der Waals surface area contributed by atoms with Crippen molar-refractivity contribution >= 4 is 40.9 Å². The van der Waals surface area contributed by atoms with Gasteiger partial charge in [0.05, 0.1) is 11.9 Å². The number of rotatable bonds is 8. The fourth-order valence-electron chi connectivity index (χ4n) is 4.22. The number of H-pyrrole nitrogens is 1. The fraction of sp³-hybridized carbons (Fsp3) is 0.423. The van der Waals surface area contributed by atoms with Crippen LogP contribution < -0.4 is 10.9 Å². The standard InChI is InChI=1S/C26H29N5O9/c1-13(2)21(34)29-25-28-20-17(22(35)30-25)27-12-31(20)23-18(38-14(3)32)19(39-15(4)33)26(5,40-23)11-37-24(36)16-9-7-6-8-10-16/h6-10,12-13,18-19,23H,11H2,1-5H3,(H2,28,29,30,34,35)/t18-,19+,23-,26-/m1/s1. The molecule has 1 aliphatic rings. The normalized spacial score (nSPS) is 22.2. The first kappa shape index (κ1) is 28.4. The predicted octanol–water partition coefficient (Wildman–Crippen LogP) is 1.72. The predicted molar refractivity (Wildman–Crippen MR) is 138 cm³/mol. The van der Waals surface area contributed by atoms with Crippen LogP contribution in [0.15, 0.2) is 41.5 Å². The summed E-state index contributed by atoms with van der Waals surface area (Å²) in [4.78, 5) is 72.7. The molecule has 14 heteroatoms. The van der Waals surface area contributed by atoms with Crippen molar-refractivity contribution in [3.63, 3.8) is 0 Å². The summed E-state index contributed by atoms with van der Waals surface area (Å²) >= 11 is 0. The Bertz CT molecular complexity index is 1500. The summed E-state index contributed by atoms with van der Waals surface area (Å²) < 4.78 is 24.2. The topological polar surface area (TPSA) is 181 Å². The molecule has 1 fully saturated rings. The summed E-state index contributed by atoms with van der Waals surface area (Å²) in [5, 5.41) is 2.53. The Morgan fingerprint density at radius 2 is 1.80 bits per heavy atom. The highest BCUT2D eigenvalue weighted by molar-refractivity contribution is 5.91. The van der Waals surface area contributed by atoms with Crippen LogP contribution in [0.25, 0.3) is 11.2 Å². The first-order chi connectivity index (χ1) is 18.9. The van der Waals surface area contributed by atoms with Crippen molar-refractivity contribution in [3.05, 3.63) is 52.6 Å². The van der Waals surface area contributed by atoms with E-state index in [1.165, 1.54) is 31.7 Å². The summed E-state index contributed by atoms with van der Waals surface area (Å²) in [6, 6.07) is 8.25. The highest BCUT2D eigenvalue weighted by Gasteiger charge is 2.58. The number of fused-ring (bicyclic) bond motifs is 1. The minimum atomic E-state index is -1.51. The van der Waals surface area contributed by atoms with Crippen LogP contribution in [0.4, 0.5) is 5.95 Å². The molecule has 40 heavy (non-hydrogen) atoms. The highest BCUT2D eigenvalue weighted by atomic mass is 16.7. The number of carbonyl (C=O) groups excluding carboxylic acids is 4. The van der Waals surface area contributed by atoms with Crippen molar-refractivity contribution in [1.29, 1.82) is 0 Å². The van der Waals surface area contributed by atoms with Crippen molar-refractivity contribution in [2.45, 2.75) is 58.7 Å². The third kappa shape index (κ3) is 5.86. The maximum atomic E-state index is 12.7. The summed E-state index contributed by atoms with van der Waals surface area (Å²) in [7, 11) is 0. The third-order valence-corrected chi connectivity index (χ3v) is 6.14. The molecule has 0 unspecified atom stereocenters. The van der Waals surface area contributed by atoms with Gasteiger partial charge in [-0.2, -0.15) is 4.98 Å². The molecular formula is C26H29N5O9. The van der Waals surface area contributed by atoms with Gasteiger partial charge in [0.1, 0.15) is 12.2 Å². The molecule has 212 valence electrons. The minimum Gasteiger partial charge on any atom is -0.459 e. The van der Waals surface area contributed by atoms with Crippen LogP contribution in [0.1, 0.15) is 51.2 Å². The fourth-order valence-corrected chi connectivity index (χ4v) is 4.22. The number of imidazole rings is 1. The van der Waals surface area contributed by atoms with Gasteiger partial charge in [0.2, 0.25) is 11.9 Å². The summed E-state index contributed by atoms with van der Waals surface area (Å²) in [5.74, 6) is -2.95. The number of hydrogen-bond acceptors (Lipinski definition) is 11. The summed E-state index contributed by atoms with van der Waals surface area (Å²) in [6.45, 7) is 6.83. The molecule has 2 aromatic heterocycles. The van der Waals surface area contributed by atoms with Gasteiger partial charge in [0.25, 0.3) is 5.56 Å². The Morgan fingerprint density at radius 1 is 1.12 bits per heavy atom. The molecule has 0 radical (unpaired) electrons. The van der Waals surface area contributed by atoms with Crippen LogP contribution in [0, 0.1) is 5.92 Å².